The number of nitrogens with one attached hydrogen (secondary N) is 1. The standard InChI is InChI=1S/C20H16N2O3/c1-25-18-8-7-16(19(23)14-5-3-2-4-6-14)13-17(18)22-20(24)15-9-11-21-12-10-15/h2-13H,1H3,(H,22,24). The van der Waals surface area contributed by atoms with E-state index in [1.165, 1.54) is 7.11 Å². The number of hydrogen-bond donors (Lipinski definition) is 1. The summed E-state index contributed by atoms with van der Waals surface area (Å²) < 4.78 is 5.28. The number of amides is 1. The van der Waals surface area contributed by atoms with Crippen LogP contribution < -0.4 is 10.1 Å². The lowest BCUT2D eigenvalue weighted by Crippen LogP contribution is -2.13. The number of methoxy groups -OCH3 is 1. The van der Waals surface area contributed by atoms with E-state index in [2.05, 4.69) is 10.3 Å². The molecular formula is C20H16N2O3. The third-order valence-electron chi connectivity index (χ3n) is 3.69. The number of pyridine rings is 1. The summed E-state index contributed by atoms with van der Waals surface area (Å²) in [4.78, 5) is 28.8. The first-order chi connectivity index (χ1) is 12.2. The van der Waals surface area contributed by atoms with Gasteiger partial charge in [0.2, 0.25) is 0 Å². The van der Waals surface area contributed by atoms with Crippen LogP contribution in [0.2, 0.25) is 0 Å². The van der Waals surface area contributed by atoms with Crippen molar-refractivity contribution >= 4 is 17.4 Å². The molecule has 0 aliphatic rings. The van der Waals surface area contributed by atoms with Crippen molar-refractivity contribution in [2.75, 3.05) is 12.4 Å². The third-order valence-corrected chi connectivity index (χ3v) is 3.69. The predicted octanol–water partition coefficient (Wildman–Crippen LogP) is 3.57. The van der Waals surface area contributed by atoms with E-state index in [-0.39, 0.29) is 11.7 Å². The van der Waals surface area contributed by atoms with Crippen LogP contribution in [0.25, 0.3) is 0 Å². The fourth-order valence-corrected chi connectivity index (χ4v) is 2.40. The molecule has 0 unspecified atom stereocenters. The van der Waals surface area contributed by atoms with E-state index in [0.717, 1.165) is 0 Å². The summed E-state index contributed by atoms with van der Waals surface area (Å²) in [5, 5.41) is 2.78. The molecule has 5 heteroatoms. The first-order valence-corrected chi connectivity index (χ1v) is 7.68. The molecule has 0 spiro atoms. The van der Waals surface area contributed by atoms with Gasteiger partial charge < -0.3 is 10.1 Å². The Hall–Kier alpha value is -3.47. The fourth-order valence-electron chi connectivity index (χ4n) is 2.40. The zero-order valence-corrected chi connectivity index (χ0v) is 13.6. The van der Waals surface area contributed by atoms with Gasteiger partial charge in [0.25, 0.3) is 5.91 Å². The number of rotatable bonds is 5. The van der Waals surface area contributed by atoms with E-state index in [4.69, 9.17) is 4.74 Å². The predicted molar refractivity (Wildman–Crippen MR) is 95.1 cm³/mol. The van der Waals surface area contributed by atoms with Crippen LogP contribution >= 0.6 is 0 Å². The van der Waals surface area contributed by atoms with Crippen LogP contribution in [-0.2, 0) is 0 Å². The first kappa shape index (κ1) is 16.4. The molecule has 0 fully saturated rings. The first-order valence-electron chi connectivity index (χ1n) is 7.68. The van der Waals surface area contributed by atoms with E-state index < -0.39 is 0 Å². The van der Waals surface area contributed by atoms with Gasteiger partial charge in [-0.3, -0.25) is 14.6 Å². The zero-order chi connectivity index (χ0) is 17.6. The number of ether oxygens (including phenoxy) is 1. The minimum absolute atomic E-state index is 0.123. The SMILES string of the molecule is COc1ccc(C(=O)c2ccccc2)cc1NC(=O)c1ccncc1. The van der Waals surface area contributed by atoms with Gasteiger partial charge in [-0.1, -0.05) is 30.3 Å². The van der Waals surface area contributed by atoms with Gasteiger partial charge in [0, 0.05) is 29.1 Å². The summed E-state index contributed by atoms with van der Waals surface area (Å²) >= 11 is 0. The van der Waals surface area contributed by atoms with Crippen molar-refractivity contribution in [2.24, 2.45) is 0 Å². The molecule has 0 saturated heterocycles. The van der Waals surface area contributed by atoms with Gasteiger partial charge in [0.05, 0.1) is 12.8 Å². The summed E-state index contributed by atoms with van der Waals surface area (Å²) in [7, 11) is 1.51. The van der Waals surface area contributed by atoms with Gasteiger partial charge in [0.1, 0.15) is 5.75 Å². The molecule has 1 aromatic heterocycles. The van der Waals surface area contributed by atoms with E-state index >= 15 is 0 Å². The molecule has 1 heterocycles. The zero-order valence-electron chi connectivity index (χ0n) is 13.6. The Bertz CT molecular complexity index is 893. The van der Waals surface area contributed by atoms with Crippen LogP contribution in [0, 0.1) is 0 Å². The lowest BCUT2D eigenvalue weighted by atomic mass is 10.0. The molecule has 0 bridgehead atoms. The number of hydrogen-bond acceptors (Lipinski definition) is 4. The average molecular weight is 332 g/mol. The van der Waals surface area contributed by atoms with Gasteiger partial charge in [-0.25, -0.2) is 0 Å². The number of anilines is 1. The van der Waals surface area contributed by atoms with Crippen molar-refractivity contribution in [2.45, 2.75) is 0 Å². The second-order valence-electron chi connectivity index (χ2n) is 5.30. The Morgan fingerprint density at radius 3 is 2.28 bits per heavy atom. The molecule has 1 amide bonds. The summed E-state index contributed by atoms with van der Waals surface area (Å²) in [6, 6.07) is 17.2. The maximum Gasteiger partial charge on any atom is 0.255 e. The van der Waals surface area contributed by atoms with Crippen LogP contribution in [-0.4, -0.2) is 23.8 Å². The highest BCUT2D eigenvalue weighted by molar-refractivity contribution is 6.11. The highest BCUT2D eigenvalue weighted by atomic mass is 16.5. The quantitative estimate of drug-likeness (QED) is 0.725. The topological polar surface area (TPSA) is 68.3 Å². The smallest absolute Gasteiger partial charge is 0.255 e. The molecule has 0 atom stereocenters. The number of ketones is 1. The minimum atomic E-state index is -0.301. The van der Waals surface area contributed by atoms with Crippen molar-refractivity contribution in [3.63, 3.8) is 0 Å². The molecule has 1 N–H and O–H groups in total. The second kappa shape index (κ2) is 7.40. The number of aromatic nitrogens is 1. The largest absolute Gasteiger partial charge is 0.495 e. The summed E-state index contributed by atoms with van der Waals surface area (Å²) in [5.74, 6) is 0.0553. The highest BCUT2D eigenvalue weighted by Crippen LogP contribution is 2.27. The highest BCUT2D eigenvalue weighted by Gasteiger charge is 2.14. The van der Waals surface area contributed by atoms with E-state index in [9.17, 15) is 9.59 Å². The molecular weight excluding hydrogens is 316 g/mol. The van der Waals surface area contributed by atoms with Crippen molar-refractivity contribution in [1.82, 2.24) is 4.98 Å². The molecule has 25 heavy (non-hydrogen) atoms. The summed E-state index contributed by atoms with van der Waals surface area (Å²) in [6.07, 6.45) is 3.09. The number of carbonyl (C=O) groups is 2. The number of carbonyl (C=O) groups excluding carboxylic acids is 2. The summed E-state index contributed by atoms with van der Waals surface area (Å²) in [5.41, 5.74) is 1.96. The third kappa shape index (κ3) is 3.72. The van der Waals surface area contributed by atoms with Crippen LogP contribution in [0.15, 0.2) is 73.1 Å². The van der Waals surface area contributed by atoms with E-state index in [1.807, 2.05) is 18.2 Å². The van der Waals surface area contributed by atoms with Crippen LogP contribution in [0.5, 0.6) is 5.75 Å². The second-order valence-corrected chi connectivity index (χ2v) is 5.30. The lowest BCUT2D eigenvalue weighted by molar-refractivity contribution is 0.102. The monoisotopic (exact) mass is 332 g/mol. The Morgan fingerprint density at radius 1 is 0.880 bits per heavy atom. The van der Waals surface area contributed by atoms with Crippen LogP contribution in [0.4, 0.5) is 5.69 Å². The van der Waals surface area contributed by atoms with Gasteiger partial charge >= 0.3 is 0 Å². The molecule has 0 aliphatic heterocycles. The Morgan fingerprint density at radius 2 is 1.60 bits per heavy atom. The number of nitrogens with zero attached hydrogens (tertiary/aromatic N) is 1. The molecule has 3 rings (SSSR count). The Kier molecular flexibility index (Phi) is 4.85. The van der Waals surface area contributed by atoms with Crippen LogP contribution in [0.3, 0.4) is 0 Å². The normalized spacial score (nSPS) is 10.1. The van der Waals surface area contributed by atoms with Crippen LogP contribution in [0.1, 0.15) is 26.3 Å². The van der Waals surface area contributed by atoms with Crippen molar-refractivity contribution < 1.29 is 14.3 Å². The summed E-state index contributed by atoms with van der Waals surface area (Å²) in [6.45, 7) is 0. The number of benzene rings is 2. The average Bonchev–Trinajstić information content (AvgIpc) is 2.68. The van der Waals surface area contributed by atoms with Gasteiger partial charge in [-0.05, 0) is 30.3 Å². The maximum absolute atomic E-state index is 12.6. The molecule has 3 aromatic rings. The maximum atomic E-state index is 12.6. The van der Waals surface area contributed by atoms with E-state index in [0.29, 0.717) is 28.1 Å². The molecule has 5 nitrogen and oxygen atoms in total. The molecule has 2 aromatic carbocycles. The van der Waals surface area contributed by atoms with Crippen molar-refractivity contribution in [1.29, 1.82) is 0 Å². The fraction of sp³-hybridized carbons (Fsp3) is 0.0500. The van der Waals surface area contributed by atoms with Gasteiger partial charge in [-0.2, -0.15) is 0 Å². The van der Waals surface area contributed by atoms with Crippen molar-refractivity contribution in [3.8, 4) is 5.75 Å². The van der Waals surface area contributed by atoms with E-state index in [1.54, 1.807) is 54.9 Å². The Balaban J connectivity index is 1.90. The van der Waals surface area contributed by atoms with Gasteiger partial charge in [-0.15, -0.1) is 0 Å². The minimum Gasteiger partial charge on any atom is -0.495 e. The van der Waals surface area contributed by atoms with Gasteiger partial charge in [0.15, 0.2) is 5.78 Å². The molecule has 0 aliphatic carbocycles. The molecule has 0 radical (unpaired) electrons. The lowest BCUT2D eigenvalue weighted by Gasteiger charge is -2.12. The molecule has 124 valence electrons. The Labute approximate surface area is 145 Å². The van der Waals surface area contributed by atoms with Crippen molar-refractivity contribution in [3.05, 3.63) is 89.7 Å². The molecule has 0 saturated carbocycles.